The van der Waals surface area contributed by atoms with E-state index in [0.717, 1.165) is 6.42 Å². The molecular weight excluding hydrogens is 376 g/mol. The fourth-order valence-corrected chi connectivity index (χ4v) is 3.21. The number of benzene rings is 3. The lowest BCUT2D eigenvalue weighted by molar-refractivity contribution is -0.127. The van der Waals surface area contributed by atoms with E-state index in [1.807, 2.05) is 54.6 Å². The molecule has 30 heavy (non-hydrogen) atoms. The van der Waals surface area contributed by atoms with Gasteiger partial charge in [-0.25, -0.2) is 0 Å². The maximum absolute atomic E-state index is 12.1. The SMILES string of the molecule is O=C(CNC(=O)COc1ccccc1)NCCC(c1ccccc1)c1ccccc1. The maximum Gasteiger partial charge on any atom is 0.258 e. The van der Waals surface area contributed by atoms with Crippen LogP contribution in [0.5, 0.6) is 5.75 Å². The Morgan fingerprint density at radius 3 is 1.80 bits per heavy atom. The van der Waals surface area contributed by atoms with Crippen LogP contribution in [0.25, 0.3) is 0 Å². The van der Waals surface area contributed by atoms with Crippen LogP contribution in [0.1, 0.15) is 23.5 Å². The summed E-state index contributed by atoms with van der Waals surface area (Å²) in [4.78, 5) is 24.0. The molecule has 0 aliphatic heterocycles. The summed E-state index contributed by atoms with van der Waals surface area (Å²) in [6.45, 7) is 0.323. The Bertz CT molecular complexity index is 875. The van der Waals surface area contributed by atoms with E-state index < -0.39 is 0 Å². The molecule has 2 amide bonds. The molecule has 0 atom stereocenters. The molecule has 0 heterocycles. The zero-order chi connectivity index (χ0) is 21.0. The van der Waals surface area contributed by atoms with Crippen LogP contribution >= 0.6 is 0 Å². The number of carbonyl (C=O) groups is 2. The van der Waals surface area contributed by atoms with Crippen molar-refractivity contribution in [2.75, 3.05) is 19.7 Å². The van der Waals surface area contributed by atoms with Crippen molar-refractivity contribution in [2.24, 2.45) is 0 Å². The van der Waals surface area contributed by atoms with Gasteiger partial charge in [-0.2, -0.15) is 0 Å². The minimum absolute atomic E-state index is 0.0711. The first kappa shape index (κ1) is 21.1. The Balaban J connectivity index is 1.42. The van der Waals surface area contributed by atoms with Crippen molar-refractivity contribution in [3.05, 3.63) is 102 Å². The number of hydrogen-bond acceptors (Lipinski definition) is 3. The quantitative estimate of drug-likeness (QED) is 0.545. The van der Waals surface area contributed by atoms with Gasteiger partial charge in [-0.05, 0) is 29.7 Å². The Kier molecular flexibility index (Phi) is 8.03. The highest BCUT2D eigenvalue weighted by Crippen LogP contribution is 2.27. The van der Waals surface area contributed by atoms with Crippen molar-refractivity contribution in [3.63, 3.8) is 0 Å². The van der Waals surface area contributed by atoms with Gasteiger partial charge < -0.3 is 15.4 Å². The molecule has 0 spiro atoms. The summed E-state index contributed by atoms with van der Waals surface area (Å²) in [5.74, 6) is 0.259. The van der Waals surface area contributed by atoms with E-state index in [1.54, 1.807) is 12.1 Å². The summed E-state index contributed by atoms with van der Waals surface area (Å²) >= 11 is 0. The average Bonchev–Trinajstić information content (AvgIpc) is 2.81. The Morgan fingerprint density at radius 2 is 1.23 bits per heavy atom. The standard InChI is InChI=1S/C25H26N2O3/c28-24(18-27-25(29)19-30-22-14-8-3-9-15-22)26-17-16-23(20-10-4-1-5-11-20)21-12-6-2-7-13-21/h1-15,23H,16-19H2,(H,26,28)(H,27,29). The predicted octanol–water partition coefficient (Wildman–Crippen LogP) is 3.52. The summed E-state index contributed by atoms with van der Waals surface area (Å²) in [6, 6.07) is 29.6. The summed E-state index contributed by atoms with van der Waals surface area (Å²) in [5, 5.41) is 5.47. The average molecular weight is 402 g/mol. The molecule has 0 radical (unpaired) electrons. The van der Waals surface area contributed by atoms with E-state index in [4.69, 9.17) is 4.74 Å². The molecule has 2 N–H and O–H groups in total. The first-order chi connectivity index (χ1) is 14.7. The van der Waals surface area contributed by atoms with Gasteiger partial charge in [0.25, 0.3) is 5.91 Å². The molecule has 5 heteroatoms. The van der Waals surface area contributed by atoms with Gasteiger partial charge in [-0.1, -0.05) is 78.9 Å². The fourth-order valence-electron chi connectivity index (χ4n) is 3.21. The summed E-state index contributed by atoms with van der Waals surface area (Å²) in [6.07, 6.45) is 0.769. The number of nitrogens with one attached hydrogen (secondary N) is 2. The highest BCUT2D eigenvalue weighted by Gasteiger charge is 2.14. The number of hydrogen-bond donors (Lipinski definition) is 2. The van der Waals surface area contributed by atoms with E-state index in [-0.39, 0.29) is 30.9 Å². The molecule has 0 bridgehead atoms. The molecule has 0 aromatic heterocycles. The topological polar surface area (TPSA) is 67.4 Å². The molecule has 0 fully saturated rings. The molecule has 0 aliphatic rings. The zero-order valence-corrected chi connectivity index (χ0v) is 16.8. The lowest BCUT2D eigenvalue weighted by atomic mass is 9.88. The van der Waals surface area contributed by atoms with Crippen molar-refractivity contribution in [3.8, 4) is 5.75 Å². The van der Waals surface area contributed by atoms with Crippen molar-refractivity contribution in [2.45, 2.75) is 12.3 Å². The van der Waals surface area contributed by atoms with Crippen molar-refractivity contribution < 1.29 is 14.3 Å². The van der Waals surface area contributed by atoms with Crippen molar-refractivity contribution >= 4 is 11.8 Å². The number of amides is 2. The summed E-state index contributed by atoms with van der Waals surface area (Å²) in [7, 11) is 0. The van der Waals surface area contributed by atoms with Crippen LogP contribution < -0.4 is 15.4 Å². The first-order valence-corrected chi connectivity index (χ1v) is 10.0. The second-order valence-electron chi connectivity index (χ2n) is 6.89. The minimum atomic E-state index is -0.333. The molecule has 3 aromatic rings. The van der Waals surface area contributed by atoms with Crippen molar-refractivity contribution in [1.29, 1.82) is 0 Å². The molecule has 0 saturated heterocycles. The highest BCUT2D eigenvalue weighted by molar-refractivity contribution is 5.85. The zero-order valence-electron chi connectivity index (χ0n) is 16.8. The summed E-state index contributed by atoms with van der Waals surface area (Å²) in [5.41, 5.74) is 2.42. The van der Waals surface area contributed by atoms with Crippen LogP contribution in [-0.2, 0) is 9.59 Å². The third kappa shape index (κ3) is 6.78. The minimum Gasteiger partial charge on any atom is -0.484 e. The van der Waals surface area contributed by atoms with Gasteiger partial charge in [0.2, 0.25) is 5.91 Å². The Labute approximate surface area is 177 Å². The van der Waals surface area contributed by atoms with Crippen LogP contribution in [0.15, 0.2) is 91.0 Å². The van der Waals surface area contributed by atoms with Gasteiger partial charge in [0, 0.05) is 12.5 Å². The van der Waals surface area contributed by atoms with Crippen molar-refractivity contribution in [1.82, 2.24) is 10.6 Å². The smallest absolute Gasteiger partial charge is 0.258 e. The van der Waals surface area contributed by atoms with Gasteiger partial charge >= 0.3 is 0 Å². The molecule has 3 aromatic carbocycles. The first-order valence-electron chi connectivity index (χ1n) is 10.0. The number of carbonyl (C=O) groups excluding carboxylic acids is 2. The van der Waals surface area contributed by atoms with Crippen LogP contribution in [0.2, 0.25) is 0 Å². The number of para-hydroxylation sites is 1. The van der Waals surface area contributed by atoms with Gasteiger partial charge in [-0.3, -0.25) is 9.59 Å². The van der Waals surface area contributed by atoms with Crippen LogP contribution in [0.4, 0.5) is 0 Å². The van der Waals surface area contributed by atoms with Crippen LogP contribution in [0, 0.1) is 0 Å². The fraction of sp³-hybridized carbons (Fsp3) is 0.200. The van der Waals surface area contributed by atoms with E-state index in [9.17, 15) is 9.59 Å². The van der Waals surface area contributed by atoms with Gasteiger partial charge in [0.1, 0.15) is 5.75 Å². The third-order valence-corrected chi connectivity index (χ3v) is 4.72. The molecule has 3 rings (SSSR count). The molecule has 0 saturated carbocycles. The predicted molar refractivity (Wildman–Crippen MR) is 117 cm³/mol. The maximum atomic E-state index is 12.1. The number of rotatable bonds is 10. The van der Waals surface area contributed by atoms with Crippen LogP contribution in [0.3, 0.4) is 0 Å². The van der Waals surface area contributed by atoms with E-state index >= 15 is 0 Å². The van der Waals surface area contributed by atoms with Gasteiger partial charge in [0.05, 0.1) is 6.54 Å². The Hall–Kier alpha value is -3.60. The molecule has 0 unspecified atom stereocenters. The van der Waals surface area contributed by atoms with Crippen LogP contribution in [-0.4, -0.2) is 31.5 Å². The van der Waals surface area contributed by atoms with Gasteiger partial charge in [0.15, 0.2) is 6.61 Å². The van der Waals surface area contributed by atoms with Gasteiger partial charge in [-0.15, -0.1) is 0 Å². The monoisotopic (exact) mass is 402 g/mol. The third-order valence-electron chi connectivity index (χ3n) is 4.72. The van der Waals surface area contributed by atoms with E-state index in [0.29, 0.717) is 12.3 Å². The molecule has 154 valence electrons. The highest BCUT2D eigenvalue weighted by atomic mass is 16.5. The molecule has 5 nitrogen and oxygen atoms in total. The second-order valence-corrected chi connectivity index (χ2v) is 6.89. The normalized spacial score (nSPS) is 10.4. The number of ether oxygens (including phenoxy) is 1. The second kappa shape index (κ2) is 11.4. The Morgan fingerprint density at radius 1 is 0.700 bits per heavy atom. The van der Waals surface area contributed by atoms with E-state index in [1.165, 1.54) is 11.1 Å². The lowest BCUT2D eigenvalue weighted by Crippen LogP contribution is -2.39. The summed E-state index contributed by atoms with van der Waals surface area (Å²) < 4.78 is 5.37. The van der Waals surface area contributed by atoms with E-state index in [2.05, 4.69) is 34.9 Å². The molecular formula is C25H26N2O3. The largest absolute Gasteiger partial charge is 0.484 e. The molecule has 0 aliphatic carbocycles. The lowest BCUT2D eigenvalue weighted by Gasteiger charge is -2.18.